The monoisotopic (exact) mass is 204 g/mol. The van der Waals surface area contributed by atoms with E-state index in [9.17, 15) is 0 Å². The molecule has 1 aromatic rings. The van der Waals surface area contributed by atoms with Gasteiger partial charge in [0.2, 0.25) is 0 Å². The number of halogens is 1. The number of hydrogen-bond acceptors (Lipinski definition) is 2. The fourth-order valence-corrected chi connectivity index (χ4v) is 2.18. The average molecular weight is 205 g/mol. The highest BCUT2D eigenvalue weighted by Crippen LogP contribution is 2.31. The molecular formula is C8H10ClO2P. The summed E-state index contributed by atoms with van der Waals surface area (Å²) >= 11 is 5.75. The van der Waals surface area contributed by atoms with Crippen molar-refractivity contribution >= 4 is 24.8 Å². The van der Waals surface area contributed by atoms with Crippen LogP contribution in [-0.4, -0.2) is 22.9 Å². The summed E-state index contributed by atoms with van der Waals surface area (Å²) in [7, 11) is -0.841. The molecule has 0 aliphatic rings. The molecule has 66 valence electrons. The Morgan fingerprint density at radius 3 is 2.42 bits per heavy atom. The van der Waals surface area contributed by atoms with E-state index < -0.39 is 7.92 Å². The largest absolute Gasteiger partial charge is 0.391 e. The number of hydrogen-bond donors (Lipinski definition) is 2. The number of aliphatic hydroxyl groups is 2. The predicted octanol–water partition coefficient (Wildman–Crippen LogP) is 1.35. The van der Waals surface area contributed by atoms with E-state index in [1.54, 1.807) is 12.1 Å². The zero-order valence-corrected chi connectivity index (χ0v) is 8.09. The molecule has 2 nitrogen and oxygen atoms in total. The van der Waals surface area contributed by atoms with E-state index in [0.717, 1.165) is 5.30 Å². The molecular weight excluding hydrogens is 195 g/mol. The quantitative estimate of drug-likeness (QED) is 0.730. The van der Waals surface area contributed by atoms with Crippen LogP contribution in [0.15, 0.2) is 24.3 Å². The summed E-state index contributed by atoms with van der Waals surface area (Å²) in [6.45, 7) is 0. The van der Waals surface area contributed by atoms with Crippen LogP contribution in [0.3, 0.4) is 0 Å². The maximum atomic E-state index is 8.90. The Hall–Kier alpha value is -0.140. The van der Waals surface area contributed by atoms with E-state index in [-0.39, 0.29) is 12.7 Å². The topological polar surface area (TPSA) is 40.5 Å². The fourth-order valence-electron chi connectivity index (χ4n) is 0.881. The van der Waals surface area contributed by atoms with Gasteiger partial charge in [-0.3, -0.25) is 0 Å². The van der Waals surface area contributed by atoms with Crippen LogP contribution in [-0.2, 0) is 0 Å². The van der Waals surface area contributed by atoms with Gasteiger partial charge in [-0.15, -0.1) is 0 Å². The molecule has 0 bridgehead atoms. The lowest BCUT2D eigenvalue weighted by atomic mass is 10.4. The van der Waals surface area contributed by atoms with E-state index in [1.165, 1.54) is 0 Å². The summed E-state index contributed by atoms with van der Waals surface area (Å²) in [5.74, 6) is 0. The summed E-state index contributed by atoms with van der Waals surface area (Å²) in [6.07, 6.45) is 0.0123. The molecule has 1 aromatic carbocycles. The molecule has 0 heterocycles. The lowest BCUT2D eigenvalue weighted by Crippen LogP contribution is -2.05. The van der Waals surface area contributed by atoms with Gasteiger partial charge < -0.3 is 10.2 Å². The van der Waals surface area contributed by atoms with Crippen molar-refractivity contribution in [2.75, 3.05) is 12.7 Å². The first kappa shape index (κ1) is 9.94. The molecule has 0 spiro atoms. The lowest BCUT2D eigenvalue weighted by molar-refractivity contribution is 0.345. The first-order valence-electron chi connectivity index (χ1n) is 3.50. The van der Waals surface area contributed by atoms with Crippen LogP contribution in [0, 0.1) is 0 Å². The second-order valence-corrected chi connectivity index (χ2v) is 4.90. The molecule has 0 radical (unpaired) electrons. The Balaban J connectivity index is 2.85. The van der Waals surface area contributed by atoms with Crippen molar-refractivity contribution in [1.82, 2.24) is 0 Å². The van der Waals surface area contributed by atoms with E-state index in [4.69, 9.17) is 21.8 Å². The van der Waals surface area contributed by atoms with Crippen molar-refractivity contribution in [2.24, 2.45) is 0 Å². The number of rotatable bonds is 3. The first-order valence-corrected chi connectivity index (χ1v) is 5.59. The third-order valence-corrected chi connectivity index (χ3v) is 3.44. The zero-order valence-electron chi connectivity index (χ0n) is 6.44. The molecule has 1 rings (SSSR count). The average Bonchev–Trinajstić information content (AvgIpc) is 2.07. The molecule has 0 atom stereocenters. The smallest absolute Gasteiger partial charge is 0.0688 e. The van der Waals surface area contributed by atoms with E-state index >= 15 is 0 Å². The Morgan fingerprint density at radius 1 is 1.25 bits per heavy atom. The van der Waals surface area contributed by atoms with Gasteiger partial charge >= 0.3 is 0 Å². The van der Waals surface area contributed by atoms with Gasteiger partial charge in [0, 0.05) is 5.02 Å². The summed E-state index contributed by atoms with van der Waals surface area (Å²) in [5.41, 5.74) is 0. The van der Waals surface area contributed by atoms with Gasteiger partial charge in [0.15, 0.2) is 0 Å². The highest BCUT2D eigenvalue weighted by Gasteiger charge is 2.07. The van der Waals surface area contributed by atoms with Crippen LogP contribution in [0.1, 0.15) is 0 Å². The minimum Gasteiger partial charge on any atom is -0.391 e. The second kappa shape index (κ2) is 4.78. The molecule has 12 heavy (non-hydrogen) atoms. The van der Waals surface area contributed by atoms with E-state index in [2.05, 4.69) is 0 Å². The van der Waals surface area contributed by atoms with Crippen molar-refractivity contribution in [3.63, 3.8) is 0 Å². The zero-order chi connectivity index (χ0) is 8.97. The molecule has 0 aliphatic carbocycles. The maximum Gasteiger partial charge on any atom is 0.0688 e. The summed E-state index contributed by atoms with van der Waals surface area (Å²) in [5, 5.41) is 19.4. The van der Waals surface area contributed by atoms with Crippen molar-refractivity contribution in [1.29, 1.82) is 0 Å². The van der Waals surface area contributed by atoms with Gasteiger partial charge in [0.05, 0.1) is 12.7 Å². The van der Waals surface area contributed by atoms with Crippen LogP contribution in [0.5, 0.6) is 0 Å². The molecule has 0 amide bonds. The minimum atomic E-state index is -0.841. The second-order valence-electron chi connectivity index (χ2n) is 2.30. The van der Waals surface area contributed by atoms with Gasteiger partial charge in [-0.05, 0) is 25.4 Å². The molecule has 0 unspecified atom stereocenters. The Kier molecular flexibility index (Phi) is 3.96. The van der Waals surface area contributed by atoms with Gasteiger partial charge in [-0.2, -0.15) is 0 Å². The van der Waals surface area contributed by atoms with Gasteiger partial charge in [-0.25, -0.2) is 0 Å². The lowest BCUT2D eigenvalue weighted by Gasteiger charge is -2.11. The molecule has 0 aromatic heterocycles. The molecule has 0 fully saturated rings. The molecule has 0 aliphatic heterocycles. The minimum absolute atomic E-state index is 0.00613. The van der Waals surface area contributed by atoms with Crippen molar-refractivity contribution < 1.29 is 10.2 Å². The van der Waals surface area contributed by atoms with Crippen molar-refractivity contribution in [3.8, 4) is 0 Å². The normalized spacial score (nSPS) is 10.7. The maximum absolute atomic E-state index is 8.90. The first-order chi connectivity index (χ1) is 5.77. The molecule has 0 saturated carbocycles. The highest BCUT2D eigenvalue weighted by atomic mass is 35.5. The van der Waals surface area contributed by atoms with Crippen LogP contribution in [0.2, 0.25) is 5.02 Å². The van der Waals surface area contributed by atoms with Crippen molar-refractivity contribution in [3.05, 3.63) is 29.3 Å². The van der Waals surface area contributed by atoms with E-state index in [1.807, 2.05) is 12.1 Å². The number of aliphatic hydroxyl groups excluding tert-OH is 2. The van der Waals surface area contributed by atoms with Gasteiger partial charge in [0.25, 0.3) is 0 Å². The van der Waals surface area contributed by atoms with Crippen molar-refractivity contribution in [2.45, 2.75) is 0 Å². The Morgan fingerprint density at radius 2 is 1.92 bits per heavy atom. The summed E-state index contributed by atoms with van der Waals surface area (Å²) in [4.78, 5) is 0. The molecule has 4 heteroatoms. The van der Waals surface area contributed by atoms with E-state index in [0.29, 0.717) is 5.02 Å². The Bertz CT molecular complexity index is 251. The van der Waals surface area contributed by atoms with Crippen LogP contribution in [0.4, 0.5) is 0 Å². The van der Waals surface area contributed by atoms with Crippen LogP contribution >= 0.6 is 19.5 Å². The predicted molar refractivity (Wildman–Crippen MR) is 52.2 cm³/mol. The SMILES string of the molecule is OCP(CO)c1cccc(Cl)c1. The third-order valence-electron chi connectivity index (χ3n) is 1.51. The van der Waals surface area contributed by atoms with Gasteiger partial charge in [0.1, 0.15) is 0 Å². The molecule has 0 saturated heterocycles. The molecule has 2 N–H and O–H groups in total. The highest BCUT2D eigenvalue weighted by molar-refractivity contribution is 7.65. The number of benzene rings is 1. The third kappa shape index (κ3) is 2.43. The Labute approximate surface area is 77.6 Å². The standard InChI is InChI=1S/C8H10ClO2P/c9-7-2-1-3-8(4-7)12(5-10)6-11/h1-4,10-11H,5-6H2. The van der Waals surface area contributed by atoms with Crippen LogP contribution in [0.25, 0.3) is 0 Å². The summed E-state index contributed by atoms with van der Waals surface area (Å²) in [6, 6.07) is 7.23. The fraction of sp³-hybridized carbons (Fsp3) is 0.250. The summed E-state index contributed by atoms with van der Waals surface area (Å²) < 4.78 is 0. The van der Waals surface area contributed by atoms with Gasteiger partial charge in [-0.1, -0.05) is 23.7 Å². The van der Waals surface area contributed by atoms with Crippen LogP contribution < -0.4 is 5.30 Å².